The van der Waals surface area contributed by atoms with Crippen LogP contribution in [0.4, 0.5) is 10.5 Å². The molecule has 6 heteroatoms. The Hall–Kier alpha value is -2.55. The maximum atomic E-state index is 11.8. The molecule has 1 aliphatic rings. The van der Waals surface area contributed by atoms with E-state index in [-0.39, 0.29) is 18.5 Å². The lowest BCUT2D eigenvalue weighted by molar-refractivity contribution is -0.120. The van der Waals surface area contributed by atoms with Crippen LogP contribution in [0, 0.1) is 11.3 Å². The summed E-state index contributed by atoms with van der Waals surface area (Å²) in [7, 11) is 0. The summed E-state index contributed by atoms with van der Waals surface area (Å²) in [6, 6.07) is 8.43. The molecule has 0 aliphatic heterocycles. The molecule has 0 aromatic heterocycles. The number of hydrogen-bond acceptors (Lipinski definition) is 3. The number of rotatable bonds is 4. The fraction of sp³-hybridized carbons (Fsp3) is 0.438. The third kappa shape index (κ3) is 4.77. The highest BCUT2D eigenvalue weighted by atomic mass is 16.2. The minimum Gasteiger partial charge on any atom is -0.352 e. The van der Waals surface area contributed by atoms with E-state index in [1.165, 1.54) is 6.42 Å². The number of urea groups is 1. The minimum absolute atomic E-state index is 0.0724. The molecule has 3 N–H and O–H groups in total. The van der Waals surface area contributed by atoms with Crippen molar-refractivity contribution in [3.8, 4) is 6.07 Å². The van der Waals surface area contributed by atoms with Crippen molar-refractivity contribution in [1.29, 1.82) is 5.26 Å². The minimum atomic E-state index is -0.499. The molecule has 0 radical (unpaired) electrons. The van der Waals surface area contributed by atoms with Crippen molar-refractivity contribution in [2.24, 2.45) is 0 Å². The second kappa shape index (κ2) is 8.03. The topological polar surface area (TPSA) is 94.0 Å². The molecule has 0 bridgehead atoms. The first-order chi connectivity index (χ1) is 10.7. The number of carbonyl (C=O) groups is 2. The van der Waals surface area contributed by atoms with Gasteiger partial charge in [0, 0.05) is 6.04 Å². The zero-order valence-corrected chi connectivity index (χ0v) is 12.4. The van der Waals surface area contributed by atoms with Gasteiger partial charge in [0.25, 0.3) is 0 Å². The number of nitrogens with one attached hydrogen (secondary N) is 3. The first-order valence-electron chi connectivity index (χ1n) is 7.52. The molecular formula is C16H20N4O2. The van der Waals surface area contributed by atoms with Crippen LogP contribution in [0.3, 0.4) is 0 Å². The number of anilines is 1. The van der Waals surface area contributed by atoms with Crippen molar-refractivity contribution in [2.75, 3.05) is 11.9 Å². The van der Waals surface area contributed by atoms with E-state index in [0.29, 0.717) is 11.3 Å². The van der Waals surface area contributed by atoms with E-state index in [1.807, 2.05) is 6.07 Å². The molecule has 3 amide bonds. The fourth-order valence-electron chi connectivity index (χ4n) is 2.54. The van der Waals surface area contributed by atoms with E-state index in [4.69, 9.17) is 5.26 Å². The summed E-state index contributed by atoms with van der Waals surface area (Å²) < 4.78 is 0. The molecule has 1 aromatic rings. The second-order valence-corrected chi connectivity index (χ2v) is 5.37. The molecule has 0 unspecified atom stereocenters. The smallest absolute Gasteiger partial charge is 0.319 e. The maximum Gasteiger partial charge on any atom is 0.319 e. The van der Waals surface area contributed by atoms with E-state index in [2.05, 4.69) is 16.0 Å². The van der Waals surface area contributed by atoms with Crippen molar-refractivity contribution in [3.05, 3.63) is 29.8 Å². The van der Waals surface area contributed by atoms with Gasteiger partial charge in [0.1, 0.15) is 6.07 Å². The molecule has 1 saturated carbocycles. The molecule has 22 heavy (non-hydrogen) atoms. The Morgan fingerprint density at radius 3 is 2.64 bits per heavy atom. The lowest BCUT2D eigenvalue weighted by Gasteiger charge is -2.22. The molecule has 1 aromatic carbocycles. The molecular weight excluding hydrogens is 280 g/mol. The van der Waals surface area contributed by atoms with Gasteiger partial charge in [-0.25, -0.2) is 4.79 Å². The number of nitriles is 1. The highest BCUT2D eigenvalue weighted by molar-refractivity contribution is 5.93. The first kappa shape index (κ1) is 15.8. The third-order valence-electron chi connectivity index (χ3n) is 3.68. The van der Waals surface area contributed by atoms with Gasteiger partial charge in [-0.2, -0.15) is 5.26 Å². The summed E-state index contributed by atoms with van der Waals surface area (Å²) in [5, 5.41) is 16.9. The van der Waals surface area contributed by atoms with Crippen molar-refractivity contribution in [1.82, 2.24) is 10.6 Å². The first-order valence-corrected chi connectivity index (χ1v) is 7.52. The van der Waals surface area contributed by atoms with Crippen molar-refractivity contribution < 1.29 is 9.59 Å². The highest BCUT2D eigenvalue weighted by Crippen LogP contribution is 2.17. The Bertz CT molecular complexity index is 574. The Morgan fingerprint density at radius 2 is 1.91 bits per heavy atom. The predicted octanol–water partition coefficient (Wildman–Crippen LogP) is 2.13. The zero-order chi connectivity index (χ0) is 15.8. The van der Waals surface area contributed by atoms with Crippen LogP contribution in [-0.4, -0.2) is 24.5 Å². The predicted molar refractivity (Wildman–Crippen MR) is 83.2 cm³/mol. The standard InChI is InChI=1S/C16H20N4O2/c17-10-12-6-4-5-9-14(12)20-16(22)18-11-15(21)19-13-7-2-1-3-8-13/h4-6,9,13H,1-3,7-8,11H2,(H,19,21)(H2,18,20,22). The highest BCUT2D eigenvalue weighted by Gasteiger charge is 2.16. The maximum absolute atomic E-state index is 11.8. The number of benzene rings is 1. The number of para-hydroxylation sites is 1. The molecule has 1 fully saturated rings. The summed E-state index contributed by atoms with van der Waals surface area (Å²) in [6.07, 6.45) is 5.53. The van der Waals surface area contributed by atoms with E-state index < -0.39 is 6.03 Å². The monoisotopic (exact) mass is 300 g/mol. The molecule has 0 spiro atoms. The van der Waals surface area contributed by atoms with Crippen LogP contribution in [0.1, 0.15) is 37.7 Å². The quantitative estimate of drug-likeness (QED) is 0.795. The lowest BCUT2D eigenvalue weighted by Crippen LogP contribution is -2.43. The van der Waals surface area contributed by atoms with E-state index in [9.17, 15) is 9.59 Å². The van der Waals surface area contributed by atoms with Gasteiger partial charge >= 0.3 is 6.03 Å². The molecule has 1 aliphatic carbocycles. The number of hydrogen-bond donors (Lipinski definition) is 3. The Labute approximate surface area is 129 Å². The van der Waals surface area contributed by atoms with Crippen LogP contribution in [0.5, 0.6) is 0 Å². The molecule has 2 rings (SSSR count). The van der Waals surface area contributed by atoms with E-state index in [1.54, 1.807) is 24.3 Å². The summed E-state index contributed by atoms with van der Waals surface area (Å²) in [6.45, 7) is -0.0724. The Kier molecular flexibility index (Phi) is 5.78. The third-order valence-corrected chi connectivity index (χ3v) is 3.68. The van der Waals surface area contributed by atoms with Crippen molar-refractivity contribution >= 4 is 17.6 Å². The molecule has 0 atom stereocenters. The summed E-state index contributed by atoms with van der Waals surface area (Å²) >= 11 is 0. The van der Waals surface area contributed by atoms with Crippen LogP contribution in [-0.2, 0) is 4.79 Å². The van der Waals surface area contributed by atoms with Crippen LogP contribution in [0.25, 0.3) is 0 Å². The largest absolute Gasteiger partial charge is 0.352 e. The van der Waals surface area contributed by atoms with Gasteiger partial charge in [-0.3, -0.25) is 4.79 Å². The molecule has 6 nitrogen and oxygen atoms in total. The van der Waals surface area contributed by atoms with Gasteiger partial charge in [-0.05, 0) is 25.0 Å². The number of nitrogens with zero attached hydrogens (tertiary/aromatic N) is 1. The van der Waals surface area contributed by atoms with Gasteiger partial charge in [0.15, 0.2) is 0 Å². The number of amides is 3. The average Bonchev–Trinajstić information content (AvgIpc) is 2.54. The molecule has 0 saturated heterocycles. The van der Waals surface area contributed by atoms with Gasteiger partial charge in [0.2, 0.25) is 5.91 Å². The summed E-state index contributed by atoms with van der Waals surface area (Å²) in [4.78, 5) is 23.6. The van der Waals surface area contributed by atoms with E-state index >= 15 is 0 Å². The second-order valence-electron chi connectivity index (χ2n) is 5.37. The lowest BCUT2D eigenvalue weighted by atomic mass is 9.95. The van der Waals surface area contributed by atoms with Crippen LogP contribution >= 0.6 is 0 Å². The zero-order valence-electron chi connectivity index (χ0n) is 12.4. The van der Waals surface area contributed by atoms with E-state index in [0.717, 1.165) is 25.7 Å². The van der Waals surface area contributed by atoms with Gasteiger partial charge < -0.3 is 16.0 Å². The fourth-order valence-corrected chi connectivity index (χ4v) is 2.54. The summed E-state index contributed by atoms with van der Waals surface area (Å²) in [5.74, 6) is -0.185. The average molecular weight is 300 g/mol. The Morgan fingerprint density at radius 1 is 1.18 bits per heavy atom. The van der Waals surface area contributed by atoms with Crippen LogP contribution < -0.4 is 16.0 Å². The summed E-state index contributed by atoms with van der Waals surface area (Å²) in [5.41, 5.74) is 0.805. The molecule has 0 heterocycles. The van der Waals surface area contributed by atoms with Gasteiger partial charge in [-0.15, -0.1) is 0 Å². The van der Waals surface area contributed by atoms with Gasteiger partial charge in [-0.1, -0.05) is 31.4 Å². The SMILES string of the molecule is N#Cc1ccccc1NC(=O)NCC(=O)NC1CCCCC1. The van der Waals surface area contributed by atoms with Gasteiger partial charge in [0.05, 0.1) is 17.8 Å². The van der Waals surface area contributed by atoms with Crippen molar-refractivity contribution in [2.45, 2.75) is 38.1 Å². The normalized spacial score (nSPS) is 14.7. The molecule has 116 valence electrons. The van der Waals surface area contributed by atoms with Crippen LogP contribution in [0.2, 0.25) is 0 Å². The van der Waals surface area contributed by atoms with Crippen LogP contribution in [0.15, 0.2) is 24.3 Å². The Balaban J connectivity index is 1.75. The van der Waals surface area contributed by atoms with Crippen molar-refractivity contribution in [3.63, 3.8) is 0 Å². The number of carbonyl (C=O) groups excluding carboxylic acids is 2.